The second-order valence-electron chi connectivity index (χ2n) is 6.39. The molecule has 1 amide bonds. The summed E-state index contributed by atoms with van der Waals surface area (Å²) >= 11 is 5.81. The van der Waals surface area contributed by atoms with Crippen LogP contribution in [-0.4, -0.2) is 45.0 Å². The molecule has 1 fully saturated rings. The molecule has 24 heavy (non-hydrogen) atoms. The van der Waals surface area contributed by atoms with Gasteiger partial charge in [-0.1, -0.05) is 11.6 Å². The van der Waals surface area contributed by atoms with Gasteiger partial charge in [0.2, 0.25) is 5.91 Å². The lowest BCUT2D eigenvalue weighted by Crippen LogP contribution is -2.47. The average Bonchev–Trinajstić information content (AvgIpc) is 2.60. The summed E-state index contributed by atoms with van der Waals surface area (Å²) in [6, 6.07) is 6.73. The zero-order chi connectivity index (χ0) is 17.4. The van der Waals surface area contributed by atoms with Crippen molar-refractivity contribution in [3.05, 3.63) is 34.9 Å². The molecule has 0 bridgehead atoms. The lowest BCUT2D eigenvalue weighted by Gasteiger charge is -2.37. The Morgan fingerprint density at radius 2 is 1.88 bits per heavy atom. The number of hydrogen-bond acceptors (Lipinski definition) is 4. The van der Waals surface area contributed by atoms with E-state index in [1.807, 2.05) is 0 Å². The van der Waals surface area contributed by atoms with Gasteiger partial charge in [-0.3, -0.25) is 9.59 Å². The van der Waals surface area contributed by atoms with Crippen molar-refractivity contribution in [2.45, 2.75) is 25.7 Å². The molecule has 132 valence electrons. The molecule has 1 aromatic carbocycles. The molecule has 0 spiro atoms. The monoisotopic (exact) mass is 352 g/mol. The first-order valence-corrected chi connectivity index (χ1v) is 8.68. The highest BCUT2D eigenvalue weighted by Gasteiger charge is 2.32. The van der Waals surface area contributed by atoms with Gasteiger partial charge < -0.3 is 15.4 Å². The standard InChI is InChI=1S/C18H25ClN2O3/c1-24-13-18(8-10-20-11-9-18)12-21-17(23)7-6-16(22)14-2-4-15(19)5-3-14/h2-5,20H,6-13H2,1H3,(H,21,23). The topological polar surface area (TPSA) is 67.4 Å². The van der Waals surface area contributed by atoms with Gasteiger partial charge >= 0.3 is 0 Å². The summed E-state index contributed by atoms with van der Waals surface area (Å²) in [7, 11) is 1.69. The molecule has 1 aliphatic heterocycles. The quantitative estimate of drug-likeness (QED) is 0.705. The Morgan fingerprint density at radius 3 is 2.50 bits per heavy atom. The molecule has 0 radical (unpaired) electrons. The third kappa shape index (κ3) is 5.58. The number of amides is 1. The summed E-state index contributed by atoms with van der Waals surface area (Å²) in [5.41, 5.74) is 0.581. The van der Waals surface area contributed by atoms with Gasteiger partial charge in [0.15, 0.2) is 5.78 Å². The molecule has 0 saturated carbocycles. The molecular formula is C18H25ClN2O3. The second-order valence-corrected chi connectivity index (χ2v) is 6.83. The Bertz CT molecular complexity index is 548. The Kier molecular flexibility index (Phi) is 7.21. The first-order chi connectivity index (χ1) is 11.5. The maximum atomic E-state index is 12.1. The first kappa shape index (κ1) is 18.9. The van der Waals surface area contributed by atoms with Crippen LogP contribution in [0.5, 0.6) is 0 Å². The van der Waals surface area contributed by atoms with Crippen LogP contribution in [0.1, 0.15) is 36.0 Å². The Hall–Kier alpha value is -1.43. The molecular weight excluding hydrogens is 328 g/mol. The van der Waals surface area contributed by atoms with E-state index in [0.29, 0.717) is 23.7 Å². The van der Waals surface area contributed by atoms with E-state index in [-0.39, 0.29) is 29.9 Å². The van der Waals surface area contributed by atoms with Crippen LogP contribution in [0.3, 0.4) is 0 Å². The van der Waals surface area contributed by atoms with Crippen LogP contribution >= 0.6 is 11.6 Å². The predicted octanol–water partition coefficient (Wildman–Crippen LogP) is 2.44. The number of ether oxygens (including phenoxy) is 1. The van der Waals surface area contributed by atoms with Crippen LogP contribution in [0, 0.1) is 5.41 Å². The molecule has 0 unspecified atom stereocenters. The number of carbonyl (C=O) groups is 2. The molecule has 6 heteroatoms. The van der Waals surface area contributed by atoms with Crippen molar-refractivity contribution in [3.8, 4) is 0 Å². The zero-order valence-corrected chi connectivity index (χ0v) is 14.8. The summed E-state index contributed by atoms with van der Waals surface area (Å²) in [5.74, 6) is -0.137. The van der Waals surface area contributed by atoms with Crippen molar-refractivity contribution in [2.24, 2.45) is 5.41 Å². The second kappa shape index (κ2) is 9.16. The fourth-order valence-electron chi connectivity index (χ4n) is 3.02. The molecule has 0 atom stereocenters. The molecule has 1 aliphatic rings. The number of rotatable bonds is 8. The molecule has 2 N–H and O–H groups in total. The number of benzene rings is 1. The van der Waals surface area contributed by atoms with E-state index >= 15 is 0 Å². The van der Waals surface area contributed by atoms with Gasteiger partial charge in [0, 0.05) is 42.5 Å². The molecule has 0 aromatic heterocycles. The number of piperidine rings is 1. The number of carbonyl (C=O) groups excluding carboxylic acids is 2. The number of hydrogen-bond donors (Lipinski definition) is 2. The average molecular weight is 353 g/mol. The van der Waals surface area contributed by atoms with Gasteiger partial charge in [0.1, 0.15) is 0 Å². The minimum absolute atomic E-state index is 0.00412. The minimum atomic E-state index is -0.0914. The summed E-state index contributed by atoms with van der Waals surface area (Å²) in [4.78, 5) is 24.2. The molecule has 2 rings (SSSR count). The number of ketones is 1. The van der Waals surface area contributed by atoms with E-state index in [0.717, 1.165) is 25.9 Å². The van der Waals surface area contributed by atoms with Crippen LogP contribution in [0.4, 0.5) is 0 Å². The highest BCUT2D eigenvalue weighted by molar-refractivity contribution is 6.30. The van der Waals surface area contributed by atoms with Crippen LogP contribution < -0.4 is 10.6 Å². The van der Waals surface area contributed by atoms with Crippen LogP contribution in [0.15, 0.2) is 24.3 Å². The zero-order valence-electron chi connectivity index (χ0n) is 14.1. The molecule has 1 heterocycles. The summed E-state index contributed by atoms with van der Waals surface area (Å²) in [6.45, 7) is 3.11. The molecule has 5 nitrogen and oxygen atoms in total. The van der Waals surface area contributed by atoms with E-state index in [2.05, 4.69) is 10.6 Å². The van der Waals surface area contributed by atoms with E-state index in [4.69, 9.17) is 16.3 Å². The van der Waals surface area contributed by atoms with Gasteiger partial charge in [0.05, 0.1) is 6.61 Å². The predicted molar refractivity (Wildman–Crippen MR) is 94.4 cm³/mol. The number of methoxy groups -OCH3 is 1. The highest BCUT2D eigenvalue weighted by atomic mass is 35.5. The summed E-state index contributed by atoms with van der Waals surface area (Å²) in [6.07, 6.45) is 2.35. The summed E-state index contributed by atoms with van der Waals surface area (Å²) < 4.78 is 5.34. The Balaban J connectivity index is 1.78. The van der Waals surface area contributed by atoms with E-state index in [1.165, 1.54) is 0 Å². The number of nitrogens with one attached hydrogen (secondary N) is 2. The highest BCUT2D eigenvalue weighted by Crippen LogP contribution is 2.28. The smallest absolute Gasteiger partial charge is 0.220 e. The fraction of sp³-hybridized carbons (Fsp3) is 0.556. The van der Waals surface area contributed by atoms with Crippen molar-refractivity contribution in [2.75, 3.05) is 33.4 Å². The molecule has 1 saturated heterocycles. The lowest BCUT2D eigenvalue weighted by atomic mass is 9.79. The van der Waals surface area contributed by atoms with Gasteiger partial charge in [0.25, 0.3) is 0 Å². The van der Waals surface area contributed by atoms with Gasteiger partial charge in [-0.25, -0.2) is 0 Å². The Morgan fingerprint density at radius 1 is 1.21 bits per heavy atom. The SMILES string of the molecule is COCC1(CNC(=O)CCC(=O)c2ccc(Cl)cc2)CCNCC1. The minimum Gasteiger partial charge on any atom is -0.384 e. The first-order valence-electron chi connectivity index (χ1n) is 8.30. The summed E-state index contributed by atoms with van der Waals surface area (Å²) in [5, 5.41) is 6.89. The van der Waals surface area contributed by atoms with Gasteiger partial charge in [-0.05, 0) is 50.2 Å². The Labute approximate surface area is 148 Å². The van der Waals surface area contributed by atoms with Crippen molar-refractivity contribution in [1.29, 1.82) is 0 Å². The lowest BCUT2D eigenvalue weighted by molar-refractivity contribution is -0.122. The van der Waals surface area contributed by atoms with Crippen LogP contribution in [-0.2, 0) is 9.53 Å². The van der Waals surface area contributed by atoms with Crippen molar-refractivity contribution in [3.63, 3.8) is 0 Å². The van der Waals surface area contributed by atoms with E-state index in [9.17, 15) is 9.59 Å². The van der Waals surface area contributed by atoms with E-state index < -0.39 is 0 Å². The number of Topliss-reactive ketones (excluding diaryl/α,β-unsaturated/α-hetero) is 1. The maximum absolute atomic E-state index is 12.1. The van der Waals surface area contributed by atoms with Crippen LogP contribution in [0.2, 0.25) is 5.02 Å². The van der Waals surface area contributed by atoms with Gasteiger partial charge in [-0.2, -0.15) is 0 Å². The van der Waals surface area contributed by atoms with Crippen LogP contribution in [0.25, 0.3) is 0 Å². The molecule has 0 aliphatic carbocycles. The molecule has 1 aromatic rings. The third-order valence-corrected chi connectivity index (χ3v) is 4.77. The van der Waals surface area contributed by atoms with E-state index in [1.54, 1.807) is 31.4 Å². The van der Waals surface area contributed by atoms with Crippen molar-refractivity contribution < 1.29 is 14.3 Å². The number of halogens is 1. The van der Waals surface area contributed by atoms with Crippen molar-refractivity contribution in [1.82, 2.24) is 10.6 Å². The fourth-order valence-corrected chi connectivity index (χ4v) is 3.14. The third-order valence-electron chi connectivity index (χ3n) is 4.52. The normalized spacial score (nSPS) is 16.6. The maximum Gasteiger partial charge on any atom is 0.220 e. The van der Waals surface area contributed by atoms with Gasteiger partial charge in [-0.15, -0.1) is 0 Å². The largest absolute Gasteiger partial charge is 0.384 e. The van der Waals surface area contributed by atoms with Crippen molar-refractivity contribution >= 4 is 23.3 Å².